The van der Waals surface area contributed by atoms with Crippen molar-refractivity contribution in [2.45, 2.75) is 27.1 Å². The number of carbonyl (C=O) groups excluding carboxylic acids is 2. The van der Waals surface area contributed by atoms with E-state index in [1.165, 1.54) is 6.92 Å². The second kappa shape index (κ2) is 7.97. The normalized spacial score (nSPS) is 10.8. The number of ether oxygens (including phenoxy) is 2. The third kappa shape index (κ3) is 3.83. The highest BCUT2D eigenvalue weighted by molar-refractivity contribution is 6.08. The Morgan fingerprint density at radius 2 is 1.81 bits per heavy atom. The third-order valence-electron chi connectivity index (χ3n) is 4.12. The van der Waals surface area contributed by atoms with E-state index in [2.05, 4.69) is 4.98 Å². The van der Waals surface area contributed by atoms with Gasteiger partial charge in [-0.2, -0.15) is 0 Å². The number of carbonyl (C=O) groups is 2. The van der Waals surface area contributed by atoms with E-state index in [1.807, 2.05) is 30.3 Å². The van der Waals surface area contributed by atoms with Crippen molar-refractivity contribution in [2.24, 2.45) is 0 Å². The molecule has 0 unspecified atom stereocenters. The first kappa shape index (κ1) is 17.9. The predicted molar refractivity (Wildman–Crippen MR) is 99.2 cm³/mol. The summed E-state index contributed by atoms with van der Waals surface area (Å²) < 4.78 is 11.0. The molecule has 2 aromatic carbocycles. The van der Waals surface area contributed by atoms with Gasteiger partial charge in [0.05, 0.1) is 31.1 Å². The number of nitrogens with one attached hydrogen (secondary N) is 1. The van der Waals surface area contributed by atoms with E-state index in [9.17, 15) is 9.59 Å². The van der Waals surface area contributed by atoms with E-state index >= 15 is 0 Å². The zero-order valence-electron chi connectivity index (χ0n) is 14.9. The summed E-state index contributed by atoms with van der Waals surface area (Å²) in [5.41, 5.74) is 3.46. The van der Waals surface area contributed by atoms with Crippen LogP contribution in [0.3, 0.4) is 0 Å². The third-order valence-corrected chi connectivity index (χ3v) is 4.12. The van der Waals surface area contributed by atoms with E-state index in [4.69, 9.17) is 9.47 Å². The number of hydrogen-bond acceptors (Lipinski definition) is 4. The van der Waals surface area contributed by atoms with Crippen LogP contribution in [0.15, 0.2) is 48.5 Å². The molecule has 0 aliphatic carbocycles. The molecule has 5 heteroatoms. The Kier molecular flexibility index (Phi) is 5.49. The fourth-order valence-corrected chi connectivity index (χ4v) is 2.86. The van der Waals surface area contributed by atoms with Gasteiger partial charge in [-0.15, -0.1) is 0 Å². The lowest BCUT2D eigenvalue weighted by Gasteiger charge is -2.06. The highest BCUT2D eigenvalue weighted by atomic mass is 16.5. The van der Waals surface area contributed by atoms with Gasteiger partial charge in [-0.05, 0) is 37.6 Å². The maximum Gasteiger partial charge on any atom is 0.340 e. The van der Waals surface area contributed by atoms with Crippen molar-refractivity contribution < 1.29 is 19.1 Å². The van der Waals surface area contributed by atoms with Gasteiger partial charge in [-0.3, -0.25) is 4.79 Å². The zero-order valence-corrected chi connectivity index (χ0v) is 14.9. The Labute approximate surface area is 151 Å². The van der Waals surface area contributed by atoms with Gasteiger partial charge >= 0.3 is 5.97 Å². The van der Waals surface area contributed by atoms with Crippen molar-refractivity contribution in [3.05, 3.63) is 70.9 Å². The Balaban J connectivity index is 1.91. The molecule has 1 N–H and O–H groups in total. The molecule has 3 rings (SSSR count). The van der Waals surface area contributed by atoms with Crippen LogP contribution in [0.5, 0.6) is 0 Å². The Bertz CT molecular complexity index is 928. The number of rotatable bonds is 7. The zero-order chi connectivity index (χ0) is 18.5. The Hall–Kier alpha value is -2.92. The van der Waals surface area contributed by atoms with E-state index < -0.39 is 5.97 Å². The summed E-state index contributed by atoms with van der Waals surface area (Å²) in [6.45, 7) is 4.23. The Morgan fingerprint density at radius 1 is 1.04 bits per heavy atom. The van der Waals surface area contributed by atoms with Crippen molar-refractivity contribution in [1.29, 1.82) is 0 Å². The quantitative estimate of drug-likeness (QED) is 0.510. The van der Waals surface area contributed by atoms with Gasteiger partial charge in [-0.25, -0.2) is 4.79 Å². The van der Waals surface area contributed by atoms with Gasteiger partial charge in [0.2, 0.25) is 0 Å². The summed E-state index contributed by atoms with van der Waals surface area (Å²) in [7, 11) is 0. The number of Topliss-reactive ketones (excluding diaryl/α,β-unsaturated/α-hetero) is 1. The molecule has 0 saturated carbocycles. The predicted octanol–water partition coefficient (Wildman–Crippen LogP) is 4.26. The molecule has 0 atom stereocenters. The fourth-order valence-electron chi connectivity index (χ4n) is 2.86. The minimum atomic E-state index is -0.419. The number of aromatic amines is 1. The molecule has 1 heterocycles. The number of aromatic nitrogens is 1. The molecule has 134 valence electrons. The molecule has 0 saturated heterocycles. The fraction of sp³-hybridized carbons (Fsp3) is 0.238. The molecule has 5 nitrogen and oxygen atoms in total. The summed E-state index contributed by atoms with van der Waals surface area (Å²) >= 11 is 0. The van der Waals surface area contributed by atoms with E-state index in [1.54, 1.807) is 25.1 Å². The molecule has 3 aromatic rings. The van der Waals surface area contributed by atoms with E-state index in [0.717, 1.165) is 11.1 Å². The van der Waals surface area contributed by atoms with Crippen molar-refractivity contribution in [3.63, 3.8) is 0 Å². The van der Waals surface area contributed by atoms with E-state index in [-0.39, 0.29) is 19.0 Å². The second-order valence-electron chi connectivity index (χ2n) is 5.99. The van der Waals surface area contributed by atoms with Crippen LogP contribution in [0.2, 0.25) is 0 Å². The molecule has 0 fully saturated rings. The summed E-state index contributed by atoms with van der Waals surface area (Å²) in [6, 6.07) is 15.1. The van der Waals surface area contributed by atoms with Crippen LogP contribution < -0.4 is 0 Å². The summed E-state index contributed by atoms with van der Waals surface area (Å²) in [5.74, 6) is -0.470. The number of hydrogen-bond donors (Lipinski definition) is 1. The van der Waals surface area contributed by atoms with Crippen molar-refractivity contribution in [1.82, 2.24) is 4.98 Å². The lowest BCUT2D eigenvalue weighted by atomic mass is 10.1. The number of fused-ring (bicyclic) bond motifs is 1. The molecule has 1 aromatic heterocycles. The first-order valence-electron chi connectivity index (χ1n) is 8.54. The van der Waals surface area contributed by atoms with Gasteiger partial charge in [0.15, 0.2) is 5.78 Å². The highest BCUT2D eigenvalue weighted by Gasteiger charge is 2.20. The van der Waals surface area contributed by atoms with Crippen LogP contribution in [-0.2, 0) is 22.7 Å². The molecular formula is C21H21NO4. The first-order valence-corrected chi connectivity index (χ1v) is 8.54. The summed E-state index contributed by atoms with van der Waals surface area (Å²) in [5, 5.41) is 0.675. The van der Waals surface area contributed by atoms with Crippen molar-refractivity contribution in [2.75, 3.05) is 6.61 Å². The van der Waals surface area contributed by atoms with Crippen molar-refractivity contribution >= 4 is 22.7 Å². The largest absolute Gasteiger partial charge is 0.462 e. The van der Waals surface area contributed by atoms with Crippen LogP contribution in [0.1, 0.15) is 45.8 Å². The van der Waals surface area contributed by atoms with E-state index in [0.29, 0.717) is 28.8 Å². The average molecular weight is 351 g/mol. The van der Waals surface area contributed by atoms with Gasteiger partial charge < -0.3 is 14.5 Å². The minimum absolute atomic E-state index is 0.0511. The molecular weight excluding hydrogens is 330 g/mol. The van der Waals surface area contributed by atoms with Crippen LogP contribution >= 0.6 is 0 Å². The number of H-pyrrole nitrogens is 1. The lowest BCUT2D eigenvalue weighted by molar-refractivity contribution is 0.0518. The molecule has 0 bridgehead atoms. The molecule has 0 spiro atoms. The smallest absolute Gasteiger partial charge is 0.340 e. The number of ketones is 1. The van der Waals surface area contributed by atoms with Gasteiger partial charge in [-0.1, -0.05) is 30.3 Å². The highest BCUT2D eigenvalue weighted by Crippen LogP contribution is 2.26. The monoisotopic (exact) mass is 351 g/mol. The van der Waals surface area contributed by atoms with Crippen LogP contribution in [-0.4, -0.2) is 23.3 Å². The minimum Gasteiger partial charge on any atom is -0.462 e. The first-order chi connectivity index (χ1) is 12.6. The SMILES string of the molecule is CCOC(=O)c1c(COCc2ccccc2)[nH]c2ccc(C(C)=O)cc12. The van der Waals surface area contributed by atoms with Gasteiger partial charge in [0.1, 0.15) is 0 Å². The molecule has 0 aliphatic rings. The van der Waals surface area contributed by atoms with Gasteiger partial charge in [0, 0.05) is 16.5 Å². The number of esters is 1. The summed E-state index contributed by atoms with van der Waals surface area (Å²) in [6.07, 6.45) is 0. The topological polar surface area (TPSA) is 68.4 Å². The second-order valence-corrected chi connectivity index (χ2v) is 5.99. The van der Waals surface area contributed by atoms with Crippen molar-refractivity contribution in [3.8, 4) is 0 Å². The molecule has 26 heavy (non-hydrogen) atoms. The Morgan fingerprint density at radius 3 is 2.50 bits per heavy atom. The standard InChI is InChI=1S/C21H21NO4/c1-3-26-21(24)20-17-11-16(14(2)23)9-10-18(17)22-19(20)13-25-12-15-7-5-4-6-8-15/h4-11,22H,3,12-13H2,1-2H3. The van der Waals surface area contributed by atoms with Crippen LogP contribution in [0, 0.1) is 0 Å². The average Bonchev–Trinajstić information content (AvgIpc) is 3.00. The van der Waals surface area contributed by atoms with Crippen LogP contribution in [0.4, 0.5) is 0 Å². The lowest BCUT2D eigenvalue weighted by Crippen LogP contribution is -2.08. The molecule has 0 radical (unpaired) electrons. The molecule has 0 amide bonds. The molecule has 0 aliphatic heterocycles. The maximum atomic E-state index is 12.5. The maximum absolute atomic E-state index is 12.5. The van der Waals surface area contributed by atoms with Crippen LogP contribution in [0.25, 0.3) is 10.9 Å². The summed E-state index contributed by atoms with van der Waals surface area (Å²) in [4.78, 5) is 27.4. The number of benzene rings is 2. The van der Waals surface area contributed by atoms with Gasteiger partial charge in [0.25, 0.3) is 0 Å².